The van der Waals surface area contributed by atoms with E-state index >= 15 is 0 Å². The minimum atomic E-state index is 0.587. The summed E-state index contributed by atoms with van der Waals surface area (Å²) in [6, 6.07) is 6.70. The van der Waals surface area contributed by atoms with Gasteiger partial charge < -0.3 is 10.2 Å². The number of benzene rings is 1. The summed E-state index contributed by atoms with van der Waals surface area (Å²) >= 11 is 6.16. The Balaban J connectivity index is 2.07. The molecular weight excluding hydrogens is 268 g/mol. The van der Waals surface area contributed by atoms with E-state index in [4.69, 9.17) is 11.6 Å². The lowest BCUT2D eigenvalue weighted by molar-refractivity contribution is 0.444. The summed E-state index contributed by atoms with van der Waals surface area (Å²) in [6.45, 7) is 2.32. The van der Waals surface area contributed by atoms with Crippen molar-refractivity contribution in [1.82, 2.24) is 0 Å². The molecule has 1 aliphatic carbocycles. The Bertz CT molecular complexity index is 431. The van der Waals surface area contributed by atoms with E-state index < -0.39 is 0 Å². The van der Waals surface area contributed by atoms with E-state index in [0.717, 1.165) is 10.9 Å². The largest absolute Gasteiger partial charge is 0.381 e. The molecule has 2 unspecified atom stereocenters. The van der Waals surface area contributed by atoms with E-state index in [-0.39, 0.29) is 0 Å². The number of rotatable bonds is 4. The van der Waals surface area contributed by atoms with Crippen LogP contribution in [0.3, 0.4) is 0 Å². The lowest BCUT2D eigenvalue weighted by Gasteiger charge is -2.23. The van der Waals surface area contributed by atoms with Crippen molar-refractivity contribution in [2.45, 2.75) is 51.5 Å². The van der Waals surface area contributed by atoms with Crippen molar-refractivity contribution in [3.63, 3.8) is 0 Å². The Hall–Kier alpha value is -0.890. The number of nitrogens with zero attached hydrogens (tertiary/aromatic N) is 1. The van der Waals surface area contributed by atoms with Gasteiger partial charge in [-0.2, -0.15) is 0 Å². The fraction of sp³-hybridized carbons (Fsp3) is 0.647. The molecule has 1 N–H and O–H groups in total. The summed E-state index contributed by atoms with van der Waals surface area (Å²) in [5, 5.41) is 4.53. The maximum absolute atomic E-state index is 6.16. The first-order valence-corrected chi connectivity index (χ1v) is 8.21. The van der Waals surface area contributed by atoms with Crippen molar-refractivity contribution in [3.05, 3.63) is 23.2 Å². The summed E-state index contributed by atoms with van der Waals surface area (Å²) < 4.78 is 0. The summed E-state index contributed by atoms with van der Waals surface area (Å²) in [5.74, 6) is 0.925. The average molecular weight is 295 g/mol. The lowest BCUT2D eigenvalue weighted by Crippen LogP contribution is -2.21. The Morgan fingerprint density at radius 2 is 2.00 bits per heavy atom. The van der Waals surface area contributed by atoms with Gasteiger partial charge in [-0.1, -0.05) is 37.8 Å². The van der Waals surface area contributed by atoms with Gasteiger partial charge in [0.25, 0.3) is 0 Å². The van der Waals surface area contributed by atoms with Crippen LogP contribution in [0.5, 0.6) is 0 Å². The Labute approximate surface area is 128 Å². The zero-order chi connectivity index (χ0) is 14.5. The zero-order valence-corrected chi connectivity index (χ0v) is 13.7. The highest BCUT2D eigenvalue weighted by Gasteiger charge is 2.18. The molecule has 112 valence electrons. The van der Waals surface area contributed by atoms with E-state index in [9.17, 15) is 0 Å². The van der Waals surface area contributed by atoms with Crippen molar-refractivity contribution in [3.8, 4) is 0 Å². The molecule has 0 aliphatic heterocycles. The molecule has 0 amide bonds. The van der Waals surface area contributed by atoms with E-state index in [0.29, 0.717) is 6.04 Å². The van der Waals surface area contributed by atoms with Crippen molar-refractivity contribution < 1.29 is 0 Å². The number of nitrogens with one attached hydrogen (secondary N) is 1. The molecule has 0 radical (unpaired) electrons. The molecule has 0 spiro atoms. The Morgan fingerprint density at radius 3 is 2.70 bits per heavy atom. The molecule has 1 aliphatic rings. The van der Waals surface area contributed by atoms with Crippen LogP contribution in [0, 0.1) is 5.92 Å². The monoisotopic (exact) mass is 294 g/mol. The second kappa shape index (κ2) is 7.21. The molecular formula is C17H27ClN2. The van der Waals surface area contributed by atoms with E-state index in [1.165, 1.54) is 49.9 Å². The Kier molecular flexibility index (Phi) is 5.59. The highest BCUT2D eigenvalue weighted by atomic mass is 35.5. The standard InChI is InChI=1S/C17H27ClN2/c1-4-13-6-5-7-15(10-8-13)19-16-12-14(18)9-11-17(16)20(2)3/h9,11-13,15,19H,4-8,10H2,1-3H3. The number of halogens is 1. The smallest absolute Gasteiger partial charge is 0.0597 e. The van der Waals surface area contributed by atoms with Gasteiger partial charge in [-0.3, -0.25) is 0 Å². The van der Waals surface area contributed by atoms with Gasteiger partial charge in [0.2, 0.25) is 0 Å². The third-order valence-corrected chi connectivity index (χ3v) is 4.70. The van der Waals surface area contributed by atoms with Crippen LogP contribution in [-0.4, -0.2) is 20.1 Å². The highest BCUT2D eigenvalue weighted by Crippen LogP contribution is 2.32. The fourth-order valence-corrected chi connectivity index (χ4v) is 3.34. The summed E-state index contributed by atoms with van der Waals surface area (Å²) in [4.78, 5) is 2.14. The molecule has 1 aromatic rings. The summed E-state index contributed by atoms with van der Waals surface area (Å²) in [7, 11) is 4.16. The van der Waals surface area contributed by atoms with Gasteiger partial charge in [0, 0.05) is 25.2 Å². The van der Waals surface area contributed by atoms with Crippen LogP contribution in [0.4, 0.5) is 11.4 Å². The van der Waals surface area contributed by atoms with Gasteiger partial charge in [-0.05, 0) is 43.4 Å². The molecule has 20 heavy (non-hydrogen) atoms. The molecule has 2 rings (SSSR count). The van der Waals surface area contributed by atoms with E-state index in [1.54, 1.807) is 0 Å². The first-order chi connectivity index (χ1) is 9.60. The molecule has 0 aromatic heterocycles. The third-order valence-electron chi connectivity index (χ3n) is 4.47. The molecule has 3 heteroatoms. The van der Waals surface area contributed by atoms with Crippen LogP contribution in [-0.2, 0) is 0 Å². The predicted molar refractivity (Wildman–Crippen MR) is 90.1 cm³/mol. The van der Waals surface area contributed by atoms with Crippen LogP contribution in [0.1, 0.15) is 45.4 Å². The first-order valence-electron chi connectivity index (χ1n) is 7.83. The van der Waals surface area contributed by atoms with Gasteiger partial charge in [0.15, 0.2) is 0 Å². The molecule has 2 nitrogen and oxygen atoms in total. The van der Waals surface area contributed by atoms with Crippen LogP contribution >= 0.6 is 11.6 Å². The minimum absolute atomic E-state index is 0.587. The van der Waals surface area contributed by atoms with Crippen LogP contribution in [0.2, 0.25) is 5.02 Å². The fourth-order valence-electron chi connectivity index (χ4n) is 3.16. The van der Waals surface area contributed by atoms with E-state index in [2.05, 4.69) is 43.4 Å². The molecule has 0 saturated heterocycles. The number of hydrogen-bond donors (Lipinski definition) is 1. The second-order valence-electron chi connectivity index (χ2n) is 6.18. The predicted octanol–water partition coefficient (Wildman–Crippen LogP) is 5.18. The van der Waals surface area contributed by atoms with Crippen molar-refractivity contribution in [2.75, 3.05) is 24.3 Å². The maximum atomic E-state index is 6.16. The molecule has 1 saturated carbocycles. The van der Waals surface area contributed by atoms with Crippen molar-refractivity contribution in [1.29, 1.82) is 0 Å². The van der Waals surface area contributed by atoms with Gasteiger partial charge in [0.05, 0.1) is 11.4 Å². The quantitative estimate of drug-likeness (QED) is 0.770. The SMILES string of the molecule is CCC1CCCC(Nc2cc(Cl)ccc2N(C)C)CC1. The first kappa shape index (κ1) is 15.5. The maximum Gasteiger partial charge on any atom is 0.0597 e. The van der Waals surface area contributed by atoms with Gasteiger partial charge in [0.1, 0.15) is 0 Å². The van der Waals surface area contributed by atoms with Gasteiger partial charge in [-0.15, -0.1) is 0 Å². The van der Waals surface area contributed by atoms with Crippen molar-refractivity contribution in [2.24, 2.45) is 5.92 Å². The molecule has 1 fully saturated rings. The average Bonchev–Trinajstić information content (AvgIpc) is 2.63. The Morgan fingerprint density at radius 1 is 1.20 bits per heavy atom. The lowest BCUT2D eigenvalue weighted by atomic mass is 9.98. The van der Waals surface area contributed by atoms with Gasteiger partial charge >= 0.3 is 0 Å². The summed E-state index contributed by atoms with van der Waals surface area (Å²) in [5.41, 5.74) is 2.38. The molecule has 0 bridgehead atoms. The minimum Gasteiger partial charge on any atom is -0.381 e. The summed E-state index contributed by atoms with van der Waals surface area (Å²) in [6.07, 6.45) is 7.96. The molecule has 2 atom stereocenters. The normalized spacial score (nSPS) is 23.2. The third kappa shape index (κ3) is 4.05. The highest BCUT2D eigenvalue weighted by molar-refractivity contribution is 6.31. The van der Waals surface area contributed by atoms with Crippen LogP contribution in [0.25, 0.3) is 0 Å². The molecule has 0 heterocycles. The molecule has 1 aromatic carbocycles. The second-order valence-corrected chi connectivity index (χ2v) is 6.62. The van der Waals surface area contributed by atoms with Crippen molar-refractivity contribution >= 4 is 23.0 Å². The van der Waals surface area contributed by atoms with Crippen LogP contribution in [0.15, 0.2) is 18.2 Å². The topological polar surface area (TPSA) is 15.3 Å². The van der Waals surface area contributed by atoms with Gasteiger partial charge in [-0.25, -0.2) is 0 Å². The van der Waals surface area contributed by atoms with Crippen LogP contribution < -0.4 is 10.2 Å². The number of anilines is 2. The number of hydrogen-bond acceptors (Lipinski definition) is 2. The van der Waals surface area contributed by atoms with E-state index in [1.807, 2.05) is 6.07 Å². The zero-order valence-electron chi connectivity index (χ0n) is 13.0.